The van der Waals surface area contributed by atoms with Crippen LogP contribution in [0.15, 0.2) is 60.7 Å². The Labute approximate surface area is 187 Å². The summed E-state index contributed by atoms with van der Waals surface area (Å²) in [7, 11) is 0. The van der Waals surface area contributed by atoms with Gasteiger partial charge in [-0.25, -0.2) is 9.97 Å². The van der Waals surface area contributed by atoms with Gasteiger partial charge in [-0.05, 0) is 55.0 Å². The number of nitrogens with two attached hydrogens (primary N) is 1. The molecule has 164 valence electrons. The van der Waals surface area contributed by atoms with Gasteiger partial charge in [-0.15, -0.1) is 0 Å². The summed E-state index contributed by atoms with van der Waals surface area (Å²) in [4.78, 5) is 35.4. The van der Waals surface area contributed by atoms with E-state index in [0.717, 1.165) is 24.0 Å². The quantitative estimate of drug-likeness (QED) is 0.648. The average molecular weight is 430 g/mol. The molecule has 7 nitrogen and oxygen atoms in total. The SMILES string of the molecule is Cc1cc(C(=O)N2CCCC(CNC(=O)c3ccc(-c4ccccc4)cc3)C2)nc(N)n1. The molecule has 3 N–H and O–H groups in total. The molecule has 3 aromatic rings. The summed E-state index contributed by atoms with van der Waals surface area (Å²) < 4.78 is 0. The first kappa shape index (κ1) is 21.5. The van der Waals surface area contributed by atoms with Gasteiger partial charge in [0.15, 0.2) is 0 Å². The number of benzene rings is 2. The summed E-state index contributed by atoms with van der Waals surface area (Å²) in [6.07, 6.45) is 1.85. The van der Waals surface area contributed by atoms with Crippen LogP contribution >= 0.6 is 0 Å². The number of amides is 2. The van der Waals surface area contributed by atoms with Crippen molar-refractivity contribution in [2.45, 2.75) is 19.8 Å². The zero-order valence-corrected chi connectivity index (χ0v) is 18.1. The zero-order valence-electron chi connectivity index (χ0n) is 18.1. The van der Waals surface area contributed by atoms with E-state index in [1.165, 1.54) is 0 Å². The molecular weight excluding hydrogens is 402 g/mol. The lowest BCUT2D eigenvalue weighted by Crippen LogP contribution is -2.44. The fourth-order valence-corrected chi connectivity index (χ4v) is 4.06. The molecule has 0 radical (unpaired) electrons. The molecule has 1 atom stereocenters. The summed E-state index contributed by atoms with van der Waals surface area (Å²) >= 11 is 0. The predicted octanol–water partition coefficient (Wildman–Crippen LogP) is 3.32. The topological polar surface area (TPSA) is 101 Å². The molecule has 1 aromatic heterocycles. The number of nitrogen functional groups attached to an aromatic ring is 1. The van der Waals surface area contributed by atoms with Crippen molar-refractivity contribution in [3.05, 3.63) is 77.6 Å². The number of hydrogen-bond donors (Lipinski definition) is 2. The number of rotatable bonds is 5. The second kappa shape index (κ2) is 9.60. The third-order valence-electron chi connectivity index (χ3n) is 5.70. The van der Waals surface area contributed by atoms with Gasteiger partial charge in [0.2, 0.25) is 5.95 Å². The van der Waals surface area contributed by atoms with Gasteiger partial charge in [-0.1, -0.05) is 42.5 Å². The number of likely N-dealkylation sites (tertiary alicyclic amines) is 1. The van der Waals surface area contributed by atoms with E-state index in [2.05, 4.69) is 15.3 Å². The smallest absolute Gasteiger partial charge is 0.272 e. The van der Waals surface area contributed by atoms with Gasteiger partial charge in [-0.2, -0.15) is 0 Å². The largest absolute Gasteiger partial charge is 0.368 e. The molecule has 2 heterocycles. The number of aryl methyl sites for hydroxylation is 1. The summed E-state index contributed by atoms with van der Waals surface area (Å²) in [6.45, 7) is 3.56. The Morgan fingerprint density at radius 3 is 2.50 bits per heavy atom. The molecule has 2 amide bonds. The number of nitrogens with zero attached hydrogens (tertiary/aromatic N) is 3. The van der Waals surface area contributed by atoms with E-state index < -0.39 is 0 Å². The van der Waals surface area contributed by atoms with E-state index in [1.807, 2.05) is 54.6 Å². The van der Waals surface area contributed by atoms with Gasteiger partial charge in [0.05, 0.1) is 0 Å². The third kappa shape index (κ3) is 5.11. The number of anilines is 1. The van der Waals surface area contributed by atoms with Crippen LogP contribution in [0.1, 0.15) is 39.4 Å². The molecule has 1 aliphatic rings. The maximum atomic E-state index is 12.9. The molecule has 1 aliphatic heterocycles. The lowest BCUT2D eigenvalue weighted by atomic mass is 9.97. The van der Waals surface area contributed by atoms with E-state index in [1.54, 1.807) is 17.9 Å². The number of nitrogens with one attached hydrogen (secondary N) is 1. The Morgan fingerprint density at radius 2 is 1.78 bits per heavy atom. The van der Waals surface area contributed by atoms with Gasteiger partial charge >= 0.3 is 0 Å². The van der Waals surface area contributed by atoms with Crippen molar-refractivity contribution in [3.8, 4) is 11.1 Å². The third-order valence-corrected chi connectivity index (χ3v) is 5.70. The van der Waals surface area contributed by atoms with E-state index in [-0.39, 0.29) is 23.7 Å². The van der Waals surface area contributed by atoms with E-state index in [4.69, 9.17) is 5.73 Å². The minimum atomic E-state index is -0.144. The fourth-order valence-electron chi connectivity index (χ4n) is 4.06. The minimum Gasteiger partial charge on any atom is -0.368 e. The monoisotopic (exact) mass is 429 g/mol. The van der Waals surface area contributed by atoms with Crippen LogP contribution in [0.4, 0.5) is 5.95 Å². The molecule has 0 spiro atoms. The molecule has 1 unspecified atom stereocenters. The number of carbonyl (C=O) groups is 2. The van der Waals surface area contributed by atoms with Crippen LogP contribution in [-0.4, -0.2) is 46.3 Å². The summed E-state index contributed by atoms with van der Waals surface area (Å²) in [6, 6.07) is 19.3. The molecule has 0 saturated carbocycles. The van der Waals surface area contributed by atoms with Crippen molar-refractivity contribution in [1.29, 1.82) is 0 Å². The Hall–Kier alpha value is -3.74. The minimum absolute atomic E-state index is 0.104. The lowest BCUT2D eigenvalue weighted by molar-refractivity contribution is 0.0665. The van der Waals surface area contributed by atoms with Crippen LogP contribution in [0.5, 0.6) is 0 Å². The van der Waals surface area contributed by atoms with Gasteiger partial charge in [0.25, 0.3) is 11.8 Å². The van der Waals surface area contributed by atoms with Crippen LogP contribution in [0, 0.1) is 12.8 Å². The van der Waals surface area contributed by atoms with Crippen molar-refractivity contribution >= 4 is 17.8 Å². The van der Waals surface area contributed by atoms with E-state index >= 15 is 0 Å². The molecule has 1 fully saturated rings. The maximum Gasteiger partial charge on any atom is 0.272 e. The Balaban J connectivity index is 1.33. The molecular formula is C25H27N5O2. The van der Waals surface area contributed by atoms with Crippen molar-refractivity contribution in [2.75, 3.05) is 25.4 Å². The highest BCUT2D eigenvalue weighted by atomic mass is 16.2. The van der Waals surface area contributed by atoms with Crippen molar-refractivity contribution < 1.29 is 9.59 Å². The second-order valence-electron chi connectivity index (χ2n) is 8.17. The van der Waals surface area contributed by atoms with Crippen LogP contribution in [-0.2, 0) is 0 Å². The van der Waals surface area contributed by atoms with Crippen LogP contribution in [0.25, 0.3) is 11.1 Å². The average Bonchev–Trinajstić information content (AvgIpc) is 2.82. The van der Waals surface area contributed by atoms with Crippen molar-refractivity contribution in [2.24, 2.45) is 5.92 Å². The number of aromatic nitrogens is 2. The normalized spacial score (nSPS) is 15.9. The van der Waals surface area contributed by atoms with Gasteiger partial charge in [-0.3, -0.25) is 9.59 Å². The molecule has 1 saturated heterocycles. The Kier molecular flexibility index (Phi) is 6.44. The van der Waals surface area contributed by atoms with E-state index in [0.29, 0.717) is 36.6 Å². The maximum absolute atomic E-state index is 12.9. The molecule has 7 heteroatoms. The molecule has 0 bridgehead atoms. The zero-order chi connectivity index (χ0) is 22.5. The predicted molar refractivity (Wildman–Crippen MR) is 124 cm³/mol. The lowest BCUT2D eigenvalue weighted by Gasteiger charge is -2.32. The summed E-state index contributed by atoms with van der Waals surface area (Å²) in [5.41, 5.74) is 9.49. The molecule has 32 heavy (non-hydrogen) atoms. The number of hydrogen-bond acceptors (Lipinski definition) is 5. The first-order chi connectivity index (χ1) is 15.5. The highest BCUT2D eigenvalue weighted by Gasteiger charge is 2.26. The van der Waals surface area contributed by atoms with Crippen LogP contribution in [0.3, 0.4) is 0 Å². The van der Waals surface area contributed by atoms with Crippen molar-refractivity contribution in [1.82, 2.24) is 20.2 Å². The first-order valence-electron chi connectivity index (χ1n) is 10.8. The van der Waals surface area contributed by atoms with Gasteiger partial charge in [0, 0.05) is 30.9 Å². The van der Waals surface area contributed by atoms with Crippen LogP contribution in [0.2, 0.25) is 0 Å². The van der Waals surface area contributed by atoms with Crippen LogP contribution < -0.4 is 11.1 Å². The standard InChI is InChI=1S/C25H27N5O2/c1-17-14-22(29-25(26)28-17)24(32)30-13-5-6-18(16-30)15-27-23(31)21-11-9-20(10-12-21)19-7-3-2-4-8-19/h2-4,7-12,14,18H,5-6,13,15-16H2,1H3,(H,27,31)(H2,26,28,29). The molecule has 4 rings (SSSR count). The van der Waals surface area contributed by atoms with E-state index in [9.17, 15) is 9.59 Å². The highest BCUT2D eigenvalue weighted by Crippen LogP contribution is 2.20. The fraction of sp³-hybridized carbons (Fsp3) is 0.280. The Bertz CT molecular complexity index is 1080. The number of piperidine rings is 1. The molecule has 0 aliphatic carbocycles. The first-order valence-corrected chi connectivity index (χ1v) is 10.8. The molecule has 2 aromatic carbocycles. The second-order valence-corrected chi connectivity index (χ2v) is 8.17. The highest BCUT2D eigenvalue weighted by molar-refractivity contribution is 5.95. The number of carbonyl (C=O) groups excluding carboxylic acids is 2. The summed E-state index contributed by atoms with van der Waals surface area (Å²) in [5.74, 6) is 0.0509. The Morgan fingerprint density at radius 1 is 1.06 bits per heavy atom. The van der Waals surface area contributed by atoms with Crippen molar-refractivity contribution in [3.63, 3.8) is 0 Å². The van der Waals surface area contributed by atoms with Gasteiger partial charge < -0.3 is 16.0 Å². The van der Waals surface area contributed by atoms with Gasteiger partial charge in [0.1, 0.15) is 5.69 Å². The summed E-state index contributed by atoms with van der Waals surface area (Å²) in [5, 5.41) is 3.02.